The SMILES string of the molecule is COC(=O)CCN(C)S(=O)(=O)NCCC1CCCC1. The molecule has 0 radical (unpaired) electrons. The number of nitrogens with zero attached hydrogens (tertiary/aromatic N) is 1. The molecule has 0 aliphatic heterocycles. The zero-order valence-electron chi connectivity index (χ0n) is 11.7. The minimum Gasteiger partial charge on any atom is -0.469 e. The fourth-order valence-electron chi connectivity index (χ4n) is 2.27. The largest absolute Gasteiger partial charge is 0.469 e. The van der Waals surface area contributed by atoms with Crippen LogP contribution in [0, 0.1) is 5.92 Å². The highest BCUT2D eigenvalue weighted by molar-refractivity contribution is 7.87. The Morgan fingerprint density at radius 1 is 1.37 bits per heavy atom. The lowest BCUT2D eigenvalue weighted by atomic mass is 10.1. The smallest absolute Gasteiger partial charge is 0.306 e. The molecule has 0 atom stereocenters. The maximum absolute atomic E-state index is 11.9. The van der Waals surface area contributed by atoms with Crippen molar-refractivity contribution in [3.8, 4) is 0 Å². The molecule has 1 aliphatic rings. The summed E-state index contributed by atoms with van der Waals surface area (Å²) in [5.74, 6) is 0.246. The van der Waals surface area contributed by atoms with E-state index < -0.39 is 16.2 Å². The predicted octanol–water partition coefficient (Wildman–Crippen LogP) is 0.896. The minimum absolute atomic E-state index is 0.0660. The van der Waals surface area contributed by atoms with Crippen LogP contribution in [0.15, 0.2) is 0 Å². The van der Waals surface area contributed by atoms with E-state index >= 15 is 0 Å². The van der Waals surface area contributed by atoms with Crippen LogP contribution >= 0.6 is 0 Å². The molecule has 0 saturated heterocycles. The molecule has 1 saturated carbocycles. The third-order valence-electron chi connectivity index (χ3n) is 3.58. The normalized spacial score (nSPS) is 17.0. The van der Waals surface area contributed by atoms with Gasteiger partial charge in [0, 0.05) is 20.1 Å². The fourth-order valence-corrected chi connectivity index (χ4v) is 3.20. The van der Waals surface area contributed by atoms with Crippen molar-refractivity contribution in [3.05, 3.63) is 0 Å². The number of methoxy groups -OCH3 is 1. The van der Waals surface area contributed by atoms with Gasteiger partial charge >= 0.3 is 5.97 Å². The Labute approximate surface area is 115 Å². The Hall–Kier alpha value is -0.660. The van der Waals surface area contributed by atoms with Crippen LogP contribution in [-0.4, -0.2) is 45.9 Å². The van der Waals surface area contributed by atoms with E-state index in [4.69, 9.17) is 0 Å². The van der Waals surface area contributed by atoms with Crippen molar-refractivity contribution in [1.82, 2.24) is 9.03 Å². The van der Waals surface area contributed by atoms with Crippen LogP contribution in [0.4, 0.5) is 0 Å². The summed E-state index contributed by atoms with van der Waals surface area (Å²) in [6, 6.07) is 0. The van der Waals surface area contributed by atoms with Gasteiger partial charge in [0.05, 0.1) is 13.5 Å². The molecule has 0 aromatic carbocycles. The van der Waals surface area contributed by atoms with Gasteiger partial charge in [0.1, 0.15) is 0 Å². The molecule has 112 valence electrons. The van der Waals surface area contributed by atoms with E-state index in [1.54, 1.807) is 0 Å². The molecular weight excluding hydrogens is 268 g/mol. The third-order valence-corrected chi connectivity index (χ3v) is 5.15. The van der Waals surface area contributed by atoms with Gasteiger partial charge in [0.25, 0.3) is 10.2 Å². The molecule has 7 heteroatoms. The lowest BCUT2D eigenvalue weighted by molar-refractivity contribution is -0.140. The monoisotopic (exact) mass is 292 g/mol. The summed E-state index contributed by atoms with van der Waals surface area (Å²) in [4.78, 5) is 11.0. The zero-order valence-corrected chi connectivity index (χ0v) is 12.5. The molecule has 0 bridgehead atoms. The Kier molecular flexibility index (Phi) is 6.74. The van der Waals surface area contributed by atoms with E-state index in [1.165, 1.54) is 39.8 Å². The van der Waals surface area contributed by atoms with Gasteiger partial charge in [-0.2, -0.15) is 12.7 Å². The lowest BCUT2D eigenvalue weighted by Crippen LogP contribution is -2.40. The van der Waals surface area contributed by atoms with Crippen LogP contribution in [0.1, 0.15) is 38.5 Å². The number of esters is 1. The number of ether oxygens (including phenoxy) is 1. The lowest BCUT2D eigenvalue weighted by Gasteiger charge is -2.18. The zero-order chi connectivity index (χ0) is 14.3. The maximum atomic E-state index is 11.9. The van der Waals surface area contributed by atoms with Crippen LogP contribution in [0.5, 0.6) is 0 Å². The summed E-state index contributed by atoms with van der Waals surface area (Å²) in [6.45, 7) is 0.598. The first kappa shape index (κ1) is 16.4. The molecule has 1 aliphatic carbocycles. The molecule has 19 heavy (non-hydrogen) atoms. The quantitative estimate of drug-likeness (QED) is 0.674. The summed E-state index contributed by atoms with van der Waals surface area (Å²) in [5.41, 5.74) is 0. The molecule has 0 amide bonds. The first-order valence-corrected chi connectivity index (χ1v) is 8.17. The van der Waals surface area contributed by atoms with Crippen molar-refractivity contribution in [1.29, 1.82) is 0 Å². The van der Waals surface area contributed by atoms with Crippen molar-refractivity contribution in [2.45, 2.75) is 38.5 Å². The first-order valence-electron chi connectivity index (χ1n) is 6.73. The van der Waals surface area contributed by atoms with Gasteiger partial charge in [0.15, 0.2) is 0 Å². The van der Waals surface area contributed by atoms with Crippen LogP contribution in [0.2, 0.25) is 0 Å². The van der Waals surface area contributed by atoms with Crippen LogP contribution in [0.3, 0.4) is 0 Å². The van der Waals surface area contributed by atoms with Crippen LogP contribution < -0.4 is 4.72 Å². The summed E-state index contributed by atoms with van der Waals surface area (Å²) in [5, 5.41) is 0. The Balaban J connectivity index is 2.26. The number of carbonyl (C=O) groups excluding carboxylic acids is 1. The van der Waals surface area contributed by atoms with Crippen LogP contribution in [-0.2, 0) is 19.7 Å². The molecule has 6 nitrogen and oxygen atoms in total. The molecule has 0 aromatic rings. The van der Waals surface area contributed by atoms with E-state index in [2.05, 4.69) is 9.46 Å². The van der Waals surface area contributed by atoms with Gasteiger partial charge in [-0.1, -0.05) is 25.7 Å². The molecule has 0 unspecified atom stereocenters. The van der Waals surface area contributed by atoms with Gasteiger partial charge in [-0.25, -0.2) is 4.72 Å². The number of rotatable bonds is 8. The van der Waals surface area contributed by atoms with Gasteiger partial charge < -0.3 is 4.74 Å². The van der Waals surface area contributed by atoms with Gasteiger partial charge in [-0.3, -0.25) is 4.79 Å². The summed E-state index contributed by atoms with van der Waals surface area (Å²) < 4.78 is 31.9. The standard InChI is InChI=1S/C12H24N2O4S/c1-14(10-8-12(15)18-2)19(16,17)13-9-7-11-5-3-4-6-11/h11,13H,3-10H2,1-2H3. The fraction of sp³-hybridized carbons (Fsp3) is 0.917. The van der Waals surface area contributed by atoms with E-state index in [0.29, 0.717) is 12.5 Å². The number of hydrogen-bond acceptors (Lipinski definition) is 4. The average Bonchev–Trinajstić information content (AvgIpc) is 2.88. The third kappa shape index (κ3) is 5.88. The summed E-state index contributed by atoms with van der Waals surface area (Å²) in [7, 11) is -0.733. The second-order valence-corrected chi connectivity index (χ2v) is 6.85. The van der Waals surface area contributed by atoms with E-state index in [1.807, 2.05) is 0 Å². The van der Waals surface area contributed by atoms with Gasteiger partial charge in [-0.05, 0) is 12.3 Å². The second-order valence-electron chi connectivity index (χ2n) is 4.99. The first-order chi connectivity index (χ1) is 8.95. The Bertz CT molecular complexity index is 377. The summed E-state index contributed by atoms with van der Waals surface area (Å²) in [6.07, 6.45) is 5.90. The van der Waals surface area contributed by atoms with E-state index in [-0.39, 0.29) is 13.0 Å². The molecule has 0 heterocycles. The highest BCUT2D eigenvalue weighted by Gasteiger charge is 2.20. The highest BCUT2D eigenvalue weighted by Crippen LogP contribution is 2.26. The Morgan fingerprint density at radius 3 is 2.58 bits per heavy atom. The maximum Gasteiger partial charge on any atom is 0.306 e. The number of nitrogens with one attached hydrogen (secondary N) is 1. The molecule has 1 N–H and O–H groups in total. The summed E-state index contributed by atoms with van der Waals surface area (Å²) >= 11 is 0. The predicted molar refractivity (Wildman–Crippen MR) is 72.8 cm³/mol. The van der Waals surface area contributed by atoms with Gasteiger partial charge in [-0.15, -0.1) is 0 Å². The van der Waals surface area contributed by atoms with Crippen LogP contribution in [0.25, 0.3) is 0 Å². The van der Waals surface area contributed by atoms with E-state index in [0.717, 1.165) is 10.7 Å². The van der Waals surface area contributed by atoms with Gasteiger partial charge in [0.2, 0.25) is 0 Å². The van der Waals surface area contributed by atoms with Crippen molar-refractivity contribution < 1.29 is 17.9 Å². The van der Waals surface area contributed by atoms with E-state index in [9.17, 15) is 13.2 Å². The van der Waals surface area contributed by atoms with Crippen molar-refractivity contribution in [2.75, 3.05) is 27.2 Å². The topological polar surface area (TPSA) is 75.7 Å². The molecule has 0 aromatic heterocycles. The van der Waals surface area contributed by atoms with Crippen molar-refractivity contribution in [2.24, 2.45) is 5.92 Å². The second kappa shape index (κ2) is 7.81. The van der Waals surface area contributed by atoms with Crippen molar-refractivity contribution in [3.63, 3.8) is 0 Å². The Morgan fingerprint density at radius 2 is 2.00 bits per heavy atom. The average molecular weight is 292 g/mol. The molecule has 0 spiro atoms. The number of hydrogen-bond donors (Lipinski definition) is 1. The molecule has 1 rings (SSSR count). The minimum atomic E-state index is -3.48. The number of carbonyl (C=O) groups is 1. The highest BCUT2D eigenvalue weighted by atomic mass is 32.2. The van der Waals surface area contributed by atoms with Crippen molar-refractivity contribution >= 4 is 16.2 Å². The molecular formula is C12H24N2O4S. The molecule has 1 fully saturated rings.